The molecule has 3 atom stereocenters. The highest BCUT2D eigenvalue weighted by Crippen LogP contribution is 2.04. The van der Waals surface area contributed by atoms with Crippen LogP contribution >= 0.6 is 0 Å². The van der Waals surface area contributed by atoms with E-state index < -0.39 is 66.6 Å². The van der Waals surface area contributed by atoms with E-state index in [0.29, 0.717) is 0 Å². The molecular formula is C20H28N6O7. The summed E-state index contributed by atoms with van der Waals surface area (Å²) in [7, 11) is 0. The van der Waals surface area contributed by atoms with E-state index in [9.17, 15) is 28.8 Å². The molecule has 5 amide bonds. The first kappa shape index (κ1) is 27.0. The summed E-state index contributed by atoms with van der Waals surface area (Å²) in [4.78, 5) is 70.0. The van der Waals surface area contributed by atoms with Crippen LogP contribution in [-0.2, 0) is 35.2 Å². The predicted octanol–water partition coefficient (Wildman–Crippen LogP) is -3.13. The molecule has 0 bridgehead atoms. The van der Waals surface area contributed by atoms with Crippen LogP contribution in [0.1, 0.15) is 24.8 Å². The van der Waals surface area contributed by atoms with Crippen molar-refractivity contribution in [3.63, 3.8) is 0 Å². The van der Waals surface area contributed by atoms with E-state index in [0.717, 1.165) is 5.56 Å². The monoisotopic (exact) mass is 464 g/mol. The van der Waals surface area contributed by atoms with Crippen LogP contribution < -0.4 is 33.2 Å². The minimum absolute atomic E-state index is 0.147. The van der Waals surface area contributed by atoms with E-state index in [-0.39, 0.29) is 19.3 Å². The van der Waals surface area contributed by atoms with Crippen LogP contribution in [0.15, 0.2) is 30.3 Å². The lowest BCUT2D eigenvalue weighted by Crippen LogP contribution is -2.54. The number of carbonyl (C=O) groups is 6. The summed E-state index contributed by atoms with van der Waals surface area (Å²) in [6.07, 6.45) is -0.800. The standard InChI is InChI=1S/C20H28N6O7/c21-12(8-11-4-2-1-3-5-11)18(30)26-13(6-7-15(22)27)19(31)24-10-17(29)25-14(20(32)33)9-16(23)28/h1-5,12-14H,6-10,21H2,(H2,22,27)(H2,23,28)(H,24,31)(H,25,29)(H,26,30)(H,32,33). The van der Waals surface area contributed by atoms with Gasteiger partial charge < -0.3 is 38.3 Å². The molecular weight excluding hydrogens is 436 g/mol. The molecule has 0 aliphatic rings. The maximum atomic E-state index is 12.5. The van der Waals surface area contributed by atoms with Crippen LogP contribution in [0.5, 0.6) is 0 Å². The average Bonchev–Trinajstić information content (AvgIpc) is 2.74. The molecule has 0 saturated carbocycles. The molecule has 0 aliphatic heterocycles. The number of benzene rings is 1. The Kier molecular flexibility index (Phi) is 11.0. The van der Waals surface area contributed by atoms with Crippen LogP contribution in [0.4, 0.5) is 0 Å². The average molecular weight is 464 g/mol. The van der Waals surface area contributed by atoms with E-state index >= 15 is 0 Å². The molecule has 0 heterocycles. The fourth-order valence-electron chi connectivity index (χ4n) is 2.73. The summed E-state index contributed by atoms with van der Waals surface area (Å²) in [6, 6.07) is 5.18. The smallest absolute Gasteiger partial charge is 0.326 e. The van der Waals surface area contributed by atoms with E-state index in [4.69, 9.17) is 22.3 Å². The van der Waals surface area contributed by atoms with Crippen molar-refractivity contribution in [1.82, 2.24) is 16.0 Å². The number of carboxylic acid groups (broad SMARTS) is 1. The quantitative estimate of drug-likeness (QED) is 0.148. The van der Waals surface area contributed by atoms with Gasteiger partial charge in [-0.25, -0.2) is 4.79 Å². The Bertz CT molecular complexity index is 877. The van der Waals surface area contributed by atoms with Gasteiger partial charge in [-0.15, -0.1) is 0 Å². The molecule has 0 aliphatic carbocycles. The molecule has 180 valence electrons. The van der Waals surface area contributed by atoms with Gasteiger partial charge in [0.2, 0.25) is 29.5 Å². The van der Waals surface area contributed by atoms with Gasteiger partial charge in [0.15, 0.2) is 0 Å². The molecule has 0 aromatic heterocycles. The number of nitrogens with one attached hydrogen (secondary N) is 3. The van der Waals surface area contributed by atoms with Crippen molar-refractivity contribution >= 4 is 35.5 Å². The minimum atomic E-state index is -1.56. The third-order valence-corrected chi connectivity index (χ3v) is 4.41. The van der Waals surface area contributed by atoms with Crippen LogP contribution in [0.25, 0.3) is 0 Å². The molecule has 13 heteroatoms. The topological polar surface area (TPSA) is 237 Å². The van der Waals surface area contributed by atoms with Crippen molar-refractivity contribution in [1.29, 1.82) is 0 Å². The van der Waals surface area contributed by atoms with Gasteiger partial charge in [-0.1, -0.05) is 30.3 Å². The number of hydrogen-bond donors (Lipinski definition) is 7. The molecule has 1 aromatic rings. The Morgan fingerprint density at radius 2 is 1.52 bits per heavy atom. The van der Waals surface area contributed by atoms with Crippen molar-refractivity contribution in [2.75, 3.05) is 6.54 Å². The summed E-state index contributed by atoms with van der Waals surface area (Å²) in [5.74, 6) is -5.49. The van der Waals surface area contributed by atoms with Gasteiger partial charge in [0.05, 0.1) is 19.0 Å². The number of amides is 5. The molecule has 0 spiro atoms. The summed E-state index contributed by atoms with van der Waals surface area (Å²) in [6.45, 7) is -0.652. The Labute approximate surface area is 189 Å². The van der Waals surface area contributed by atoms with Crippen LogP contribution in [0, 0.1) is 0 Å². The highest BCUT2D eigenvalue weighted by molar-refractivity contribution is 5.93. The van der Waals surface area contributed by atoms with Gasteiger partial charge in [0, 0.05) is 6.42 Å². The zero-order valence-corrected chi connectivity index (χ0v) is 17.8. The number of carbonyl (C=O) groups excluding carboxylic acids is 5. The Balaban J connectivity index is 2.70. The minimum Gasteiger partial charge on any atom is -0.480 e. The van der Waals surface area contributed by atoms with Crippen molar-refractivity contribution < 1.29 is 33.9 Å². The highest BCUT2D eigenvalue weighted by Gasteiger charge is 2.26. The molecule has 3 unspecified atom stereocenters. The second kappa shape index (κ2) is 13.4. The normalized spacial score (nSPS) is 13.1. The summed E-state index contributed by atoms with van der Waals surface area (Å²) < 4.78 is 0. The van der Waals surface area contributed by atoms with Gasteiger partial charge >= 0.3 is 5.97 Å². The third-order valence-electron chi connectivity index (χ3n) is 4.41. The number of carboxylic acids is 1. The predicted molar refractivity (Wildman–Crippen MR) is 115 cm³/mol. The molecule has 1 aromatic carbocycles. The lowest BCUT2D eigenvalue weighted by Gasteiger charge is -2.21. The Hall–Kier alpha value is -4.00. The SMILES string of the molecule is NC(=O)CCC(NC(=O)C(N)Cc1ccccc1)C(=O)NCC(=O)NC(CC(N)=O)C(=O)O. The molecule has 1 rings (SSSR count). The molecule has 0 radical (unpaired) electrons. The van der Waals surface area contributed by atoms with Crippen molar-refractivity contribution in [3.8, 4) is 0 Å². The summed E-state index contributed by atoms with van der Waals surface area (Å²) in [5.41, 5.74) is 16.8. The van der Waals surface area contributed by atoms with Crippen molar-refractivity contribution in [3.05, 3.63) is 35.9 Å². The van der Waals surface area contributed by atoms with E-state index in [2.05, 4.69) is 10.6 Å². The van der Waals surface area contributed by atoms with E-state index in [1.807, 2.05) is 11.4 Å². The third kappa shape index (κ3) is 10.7. The second-order valence-electron chi connectivity index (χ2n) is 7.21. The lowest BCUT2D eigenvalue weighted by molar-refractivity contribution is -0.143. The molecule has 0 saturated heterocycles. The number of nitrogens with two attached hydrogens (primary N) is 3. The largest absolute Gasteiger partial charge is 0.480 e. The lowest BCUT2D eigenvalue weighted by atomic mass is 10.0. The van der Waals surface area contributed by atoms with E-state index in [1.165, 1.54) is 0 Å². The molecule has 13 nitrogen and oxygen atoms in total. The summed E-state index contributed by atoms with van der Waals surface area (Å²) >= 11 is 0. The first-order valence-corrected chi connectivity index (χ1v) is 9.96. The van der Waals surface area contributed by atoms with Gasteiger partial charge in [0.25, 0.3) is 0 Å². The zero-order chi connectivity index (χ0) is 25.0. The van der Waals surface area contributed by atoms with E-state index in [1.54, 1.807) is 24.3 Å². The van der Waals surface area contributed by atoms with Crippen LogP contribution in [-0.4, -0.2) is 65.3 Å². The molecule has 0 fully saturated rings. The number of rotatable bonds is 14. The van der Waals surface area contributed by atoms with Crippen molar-refractivity contribution in [2.45, 2.75) is 43.8 Å². The Morgan fingerprint density at radius 1 is 0.879 bits per heavy atom. The van der Waals surface area contributed by atoms with Crippen molar-refractivity contribution in [2.24, 2.45) is 17.2 Å². The highest BCUT2D eigenvalue weighted by atomic mass is 16.4. The fraction of sp³-hybridized carbons (Fsp3) is 0.400. The van der Waals surface area contributed by atoms with Crippen LogP contribution in [0.2, 0.25) is 0 Å². The number of primary amides is 2. The fourth-order valence-corrected chi connectivity index (χ4v) is 2.73. The van der Waals surface area contributed by atoms with Crippen LogP contribution in [0.3, 0.4) is 0 Å². The van der Waals surface area contributed by atoms with Gasteiger partial charge in [0.1, 0.15) is 12.1 Å². The molecule has 33 heavy (non-hydrogen) atoms. The molecule has 10 N–H and O–H groups in total. The van der Waals surface area contributed by atoms with Gasteiger partial charge in [-0.2, -0.15) is 0 Å². The zero-order valence-electron chi connectivity index (χ0n) is 17.8. The first-order valence-electron chi connectivity index (χ1n) is 9.96. The maximum absolute atomic E-state index is 12.5. The number of hydrogen-bond acceptors (Lipinski definition) is 7. The van der Waals surface area contributed by atoms with Gasteiger partial charge in [-0.3, -0.25) is 24.0 Å². The number of aliphatic carboxylic acids is 1. The van der Waals surface area contributed by atoms with Gasteiger partial charge in [-0.05, 0) is 18.4 Å². The first-order chi connectivity index (χ1) is 15.5. The Morgan fingerprint density at radius 3 is 2.06 bits per heavy atom. The summed E-state index contributed by atoms with van der Waals surface area (Å²) in [5, 5.41) is 15.7. The maximum Gasteiger partial charge on any atom is 0.326 e. The second-order valence-corrected chi connectivity index (χ2v) is 7.21.